The second-order valence-corrected chi connectivity index (χ2v) is 3.76. The molecule has 0 nitrogen and oxygen atoms in total. The second kappa shape index (κ2) is 20.3. The molecule has 0 bridgehead atoms. The van der Waals surface area contributed by atoms with Gasteiger partial charge in [0.25, 0.3) is 0 Å². The fraction of sp³-hybridized carbons (Fsp3) is 0. The number of hydrogen-bond donors (Lipinski definition) is 0. The van der Waals surface area contributed by atoms with E-state index in [0.717, 1.165) is 0 Å². The van der Waals surface area contributed by atoms with E-state index < -0.39 is 23.7 Å². The van der Waals surface area contributed by atoms with Gasteiger partial charge in [0.05, 0.1) is 0 Å². The van der Waals surface area contributed by atoms with Crippen molar-refractivity contribution in [3.05, 3.63) is 0 Å². The Labute approximate surface area is 190 Å². The summed E-state index contributed by atoms with van der Waals surface area (Å²) >= 11 is -7.28. The van der Waals surface area contributed by atoms with Crippen LogP contribution >= 0.6 is 0 Å². The summed E-state index contributed by atoms with van der Waals surface area (Å²) in [5, 5.41) is 0. The minimum absolute atomic E-state index is 0. The van der Waals surface area contributed by atoms with Crippen LogP contribution in [0.15, 0.2) is 0 Å². The first-order valence-corrected chi connectivity index (χ1v) is 6.63. The fourth-order valence-corrected chi connectivity index (χ4v) is 0. The predicted octanol–water partition coefficient (Wildman–Crippen LogP) is -2.93. The molecule has 0 aromatic rings. The summed E-state index contributed by atoms with van der Waals surface area (Å²) in [4.78, 5) is 0. The fourth-order valence-electron chi connectivity index (χ4n) is 0. The molecule has 0 aliphatic heterocycles. The van der Waals surface area contributed by atoms with E-state index in [0.29, 0.717) is 0 Å². The van der Waals surface area contributed by atoms with Crippen molar-refractivity contribution in [1.82, 2.24) is 0 Å². The molecule has 0 rings (SSSR count). The first-order valence-electron chi connectivity index (χ1n) is 0.756. The van der Waals surface area contributed by atoms with Gasteiger partial charge in [0, 0.05) is 61.8 Å². The van der Waals surface area contributed by atoms with Crippen LogP contribution in [0.25, 0.3) is 0 Å². The number of rotatable bonds is 0. The van der Waals surface area contributed by atoms with Gasteiger partial charge in [0.1, 0.15) is 0 Å². The molecule has 0 aromatic carbocycles. The van der Waals surface area contributed by atoms with Gasteiger partial charge in [-0.1, -0.05) is 0 Å². The van der Waals surface area contributed by atoms with E-state index in [2.05, 4.69) is 0 Å². The Morgan fingerprint density at radius 3 is 1.00 bits per heavy atom. The quantitative estimate of drug-likeness (QED) is 0.187. The van der Waals surface area contributed by atoms with E-state index in [-0.39, 0.29) is 162 Å². The van der Waals surface area contributed by atoms with Crippen LogP contribution in [0.2, 0.25) is 0 Å². The molecule has 0 heterocycles. The maximum atomic E-state index is 9.91. The van der Waals surface area contributed by atoms with Gasteiger partial charge < -0.3 is 4.28 Å². The van der Waals surface area contributed by atoms with E-state index in [1.165, 1.54) is 0 Å². The molecule has 0 atom stereocenters. The summed E-state index contributed by atoms with van der Waals surface area (Å²) in [6, 6.07) is 0. The van der Waals surface area contributed by atoms with Gasteiger partial charge in [-0.15, -0.1) is 0 Å². The van der Waals surface area contributed by atoms with Gasteiger partial charge in [0.15, 0.2) is 17.4 Å². The molecule has 1 radical (unpaired) electrons. The average Bonchev–Trinajstić information content (AvgIpc) is 0.722. The van der Waals surface area contributed by atoms with Gasteiger partial charge in [-0.05, 0) is 0 Å². The van der Waals surface area contributed by atoms with Crippen molar-refractivity contribution in [3.8, 4) is 0 Å². The smallest absolute Gasteiger partial charge is 1.00 e. The minimum atomic E-state index is -7.28. The molecule has 0 saturated carbocycles. The molecular weight excluding hydrogens is 701 g/mol. The van der Waals surface area contributed by atoms with Crippen LogP contribution in [0.5, 0.6) is 0 Å². The van der Waals surface area contributed by atoms with Crippen LogP contribution in [0.1, 0.15) is 4.28 Å². The first kappa shape index (κ1) is 36.0. The average molecular weight is 707 g/mol. The molecule has 10 heteroatoms. The molecule has 0 fully saturated rings. The van der Waals surface area contributed by atoms with Gasteiger partial charge in [-0.25, -0.2) is 0 Å². The molecular formula is H6AlBaF4LaNaPbZr. The van der Waals surface area contributed by atoms with Gasteiger partial charge in [-0.2, -0.15) is 0 Å². The predicted molar refractivity (Wildman–Crippen MR) is 29.2 cm³/mol. The minimum Gasteiger partial charge on any atom is -1.00 e. The summed E-state index contributed by atoms with van der Waals surface area (Å²) < 4.78 is 39.6. The summed E-state index contributed by atoms with van der Waals surface area (Å²) in [5.41, 5.74) is 0. The third kappa shape index (κ3) is 67.0. The summed E-state index contributed by atoms with van der Waals surface area (Å²) in [7, 11) is 0. The van der Waals surface area contributed by atoms with Crippen LogP contribution in [-0.4, -0.2) is 89.9 Å². The maximum Gasteiger partial charge on any atom is 1.00 e. The third-order valence-corrected chi connectivity index (χ3v) is 0. The third-order valence-electron chi connectivity index (χ3n) is 0. The van der Waals surface area contributed by atoms with Crippen molar-refractivity contribution in [2.45, 2.75) is 0 Å². The van der Waals surface area contributed by atoms with Gasteiger partial charge in [0.2, 0.25) is 0 Å². The van der Waals surface area contributed by atoms with Crippen LogP contribution in [0.3, 0.4) is 0 Å². The Hall–Kier alpha value is 5.82. The Balaban J connectivity index is -0.00000000286. The zero-order chi connectivity index (χ0) is 4.50. The zero-order valence-corrected chi connectivity index (χ0v) is 21.2. The van der Waals surface area contributed by atoms with Crippen LogP contribution in [-0.2, 0) is 26.2 Å². The van der Waals surface area contributed by atoms with Crippen molar-refractivity contribution in [1.29, 1.82) is 0 Å². The Morgan fingerprint density at radius 1 is 1.00 bits per heavy atom. The molecule has 0 aromatic heterocycles. The largest absolute Gasteiger partial charge is 1.00 e. The molecule has 0 aliphatic rings. The zero-order valence-electron chi connectivity index (χ0n) is 7.80. The SMILES string of the molecule is [AlH3].[Ba+2].[F][Pb]([F])([F])[F].[H-].[H-].[H-].[La].[Na+].[Zr]. The van der Waals surface area contributed by atoms with Crippen LogP contribution in [0, 0.1) is 35.6 Å². The molecule has 0 amide bonds. The second-order valence-electron chi connectivity index (χ2n) is 0.429. The van der Waals surface area contributed by atoms with Crippen molar-refractivity contribution >= 4 is 89.9 Å². The molecule has 0 aliphatic carbocycles. The van der Waals surface area contributed by atoms with Crippen molar-refractivity contribution in [3.63, 3.8) is 0 Å². The van der Waals surface area contributed by atoms with Gasteiger partial charge >= 0.3 is 112 Å². The Kier molecular flexibility index (Phi) is 73.0. The Bertz CT molecular complexity index is 50.9. The van der Waals surface area contributed by atoms with Gasteiger partial charge in [-0.3, -0.25) is 0 Å². The van der Waals surface area contributed by atoms with E-state index in [4.69, 9.17) is 0 Å². The number of hydrogen-bond acceptors (Lipinski definition) is 0. The van der Waals surface area contributed by atoms with Crippen LogP contribution < -0.4 is 29.6 Å². The van der Waals surface area contributed by atoms with E-state index >= 15 is 0 Å². The molecule has 51 valence electrons. The molecule has 10 heavy (non-hydrogen) atoms. The number of halogens is 4. The summed E-state index contributed by atoms with van der Waals surface area (Å²) in [6.45, 7) is 0. The molecule has 0 N–H and O–H groups in total. The van der Waals surface area contributed by atoms with E-state index in [1.54, 1.807) is 0 Å². The van der Waals surface area contributed by atoms with Crippen molar-refractivity contribution in [2.75, 3.05) is 0 Å². The topological polar surface area (TPSA) is 0 Å². The summed E-state index contributed by atoms with van der Waals surface area (Å²) in [6.07, 6.45) is 0. The molecule has 0 saturated heterocycles. The van der Waals surface area contributed by atoms with Crippen molar-refractivity contribution in [2.24, 2.45) is 0 Å². The normalized spacial score (nSPS) is 6.00. The molecule has 0 spiro atoms. The molecule has 0 unspecified atom stereocenters. The van der Waals surface area contributed by atoms with Crippen LogP contribution in [0.4, 0.5) is 10.0 Å². The Morgan fingerprint density at radius 2 is 1.00 bits per heavy atom. The van der Waals surface area contributed by atoms with E-state index in [9.17, 15) is 10.0 Å². The first-order chi connectivity index (χ1) is 2.00. The standard InChI is InChI=1S/Al.Ba.4FH.La.Na.Pb.Zr.6H/h;;4*1H;;;;;;;;;;/q;+2;;;;;;+1;+4;;;;;3*-1/p-4. The van der Waals surface area contributed by atoms with E-state index in [1.807, 2.05) is 0 Å². The monoisotopic (exact) mass is 707 g/mol. The summed E-state index contributed by atoms with van der Waals surface area (Å²) in [5.74, 6) is 0. The van der Waals surface area contributed by atoms with Crippen molar-refractivity contribution < 1.29 is 106 Å². The maximum absolute atomic E-state index is 9.91.